The first kappa shape index (κ1) is 14.4. The van der Waals surface area contributed by atoms with E-state index in [4.69, 9.17) is 10.5 Å². The van der Waals surface area contributed by atoms with Crippen molar-refractivity contribution in [2.45, 2.75) is 25.4 Å². The highest BCUT2D eigenvalue weighted by atomic mass is 16.5. The summed E-state index contributed by atoms with van der Waals surface area (Å²) in [6, 6.07) is 8.49. The van der Waals surface area contributed by atoms with E-state index in [0.29, 0.717) is 25.8 Å². The summed E-state index contributed by atoms with van der Waals surface area (Å²) >= 11 is 0. The van der Waals surface area contributed by atoms with Crippen LogP contribution in [0.3, 0.4) is 0 Å². The third-order valence-electron chi connectivity index (χ3n) is 4.10. The quantitative estimate of drug-likeness (QED) is 0.825. The van der Waals surface area contributed by atoms with Crippen molar-refractivity contribution < 1.29 is 9.53 Å². The highest BCUT2D eigenvalue weighted by Gasteiger charge is 2.31. The topological polar surface area (TPSA) is 58.8 Å². The molecule has 0 unspecified atom stereocenters. The van der Waals surface area contributed by atoms with Crippen LogP contribution in [-0.4, -0.2) is 54.6 Å². The summed E-state index contributed by atoms with van der Waals surface area (Å²) in [6.45, 7) is 4.05. The van der Waals surface area contributed by atoms with E-state index in [9.17, 15) is 4.79 Å². The molecular formula is C16H23N3O2. The molecule has 1 saturated carbocycles. The average molecular weight is 289 g/mol. The van der Waals surface area contributed by atoms with Crippen molar-refractivity contribution in [1.29, 1.82) is 0 Å². The van der Waals surface area contributed by atoms with Gasteiger partial charge in [-0.25, -0.2) is 0 Å². The van der Waals surface area contributed by atoms with E-state index in [1.807, 2.05) is 23.1 Å². The van der Waals surface area contributed by atoms with Crippen LogP contribution in [0.1, 0.15) is 18.4 Å². The summed E-state index contributed by atoms with van der Waals surface area (Å²) in [4.78, 5) is 16.6. The van der Waals surface area contributed by atoms with Gasteiger partial charge in [-0.1, -0.05) is 12.1 Å². The first-order valence-corrected chi connectivity index (χ1v) is 7.66. The zero-order valence-corrected chi connectivity index (χ0v) is 12.3. The zero-order chi connectivity index (χ0) is 14.7. The molecule has 2 fully saturated rings. The number of carbonyl (C=O) groups is 1. The third kappa shape index (κ3) is 3.95. The van der Waals surface area contributed by atoms with Gasteiger partial charge in [-0.05, 0) is 30.5 Å². The van der Waals surface area contributed by atoms with Crippen molar-refractivity contribution in [3.05, 3.63) is 29.8 Å². The number of nitrogens with two attached hydrogens (primary N) is 1. The minimum Gasteiger partial charge on any atom is -0.399 e. The van der Waals surface area contributed by atoms with Crippen molar-refractivity contribution in [2.24, 2.45) is 0 Å². The Balaban J connectivity index is 1.60. The Bertz CT molecular complexity index is 496. The molecule has 0 atom stereocenters. The number of nitrogens with zero attached hydrogens (tertiary/aromatic N) is 2. The lowest BCUT2D eigenvalue weighted by Gasteiger charge is -2.30. The van der Waals surface area contributed by atoms with Crippen LogP contribution in [0.5, 0.6) is 0 Å². The molecule has 3 rings (SSSR count). The van der Waals surface area contributed by atoms with Gasteiger partial charge in [0.2, 0.25) is 5.91 Å². The first-order chi connectivity index (χ1) is 10.2. The lowest BCUT2D eigenvalue weighted by atomic mass is 10.2. The smallest absolute Gasteiger partial charge is 0.236 e. The van der Waals surface area contributed by atoms with Crippen molar-refractivity contribution in [1.82, 2.24) is 9.80 Å². The number of morpholine rings is 1. The van der Waals surface area contributed by atoms with Crippen LogP contribution in [-0.2, 0) is 16.1 Å². The Hall–Kier alpha value is -1.59. The second-order valence-corrected chi connectivity index (χ2v) is 5.87. The number of nitrogen functional groups attached to an aromatic ring is 1. The maximum Gasteiger partial charge on any atom is 0.236 e. The van der Waals surface area contributed by atoms with Gasteiger partial charge < -0.3 is 15.4 Å². The number of amides is 1. The summed E-state index contributed by atoms with van der Waals surface area (Å²) in [6.07, 6.45) is 2.39. The molecule has 0 spiro atoms. The standard InChI is InChI=1S/C16H23N3O2/c17-14-3-1-2-13(10-14)11-19(15-4-5-15)12-16(20)18-6-8-21-9-7-18/h1-3,10,15H,4-9,11-12,17H2. The van der Waals surface area contributed by atoms with Gasteiger partial charge in [-0.15, -0.1) is 0 Å². The molecule has 21 heavy (non-hydrogen) atoms. The largest absolute Gasteiger partial charge is 0.399 e. The second kappa shape index (κ2) is 6.45. The Morgan fingerprint density at radius 3 is 2.76 bits per heavy atom. The summed E-state index contributed by atoms with van der Waals surface area (Å²) < 4.78 is 5.30. The van der Waals surface area contributed by atoms with Crippen LogP contribution in [0.25, 0.3) is 0 Å². The number of hydrogen-bond donors (Lipinski definition) is 1. The van der Waals surface area contributed by atoms with Crippen LogP contribution < -0.4 is 5.73 Å². The van der Waals surface area contributed by atoms with Crippen LogP contribution in [0.15, 0.2) is 24.3 Å². The van der Waals surface area contributed by atoms with Crippen molar-refractivity contribution in [3.8, 4) is 0 Å². The molecule has 1 aromatic carbocycles. The number of ether oxygens (including phenoxy) is 1. The fourth-order valence-corrected chi connectivity index (χ4v) is 2.77. The first-order valence-electron chi connectivity index (χ1n) is 7.66. The van der Waals surface area contributed by atoms with E-state index in [2.05, 4.69) is 11.0 Å². The Labute approximate surface area is 125 Å². The molecule has 1 aliphatic carbocycles. The minimum absolute atomic E-state index is 0.217. The molecule has 0 aromatic heterocycles. The van der Waals surface area contributed by atoms with Crippen LogP contribution in [0.2, 0.25) is 0 Å². The second-order valence-electron chi connectivity index (χ2n) is 5.87. The summed E-state index contributed by atoms with van der Waals surface area (Å²) in [7, 11) is 0. The van der Waals surface area contributed by atoms with Gasteiger partial charge in [-0.2, -0.15) is 0 Å². The summed E-state index contributed by atoms with van der Waals surface area (Å²) in [5.74, 6) is 0.217. The van der Waals surface area contributed by atoms with Crippen molar-refractivity contribution in [2.75, 3.05) is 38.6 Å². The van der Waals surface area contributed by atoms with Gasteiger partial charge in [0.25, 0.3) is 0 Å². The van der Waals surface area contributed by atoms with Gasteiger partial charge in [-0.3, -0.25) is 9.69 Å². The third-order valence-corrected chi connectivity index (χ3v) is 4.10. The van der Waals surface area contributed by atoms with Crippen LogP contribution in [0.4, 0.5) is 5.69 Å². The normalized spacial score (nSPS) is 19.0. The number of benzene rings is 1. The Morgan fingerprint density at radius 1 is 1.33 bits per heavy atom. The lowest BCUT2D eigenvalue weighted by Crippen LogP contribution is -2.46. The van der Waals surface area contributed by atoms with E-state index < -0.39 is 0 Å². The van der Waals surface area contributed by atoms with Crippen molar-refractivity contribution >= 4 is 11.6 Å². The fourth-order valence-electron chi connectivity index (χ4n) is 2.77. The predicted octanol–water partition coefficient (Wildman–Crippen LogP) is 1.09. The molecule has 114 valence electrons. The molecular weight excluding hydrogens is 266 g/mol. The zero-order valence-electron chi connectivity index (χ0n) is 12.3. The molecule has 1 saturated heterocycles. The van der Waals surface area contributed by atoms with E-state index in [1.165, 1.54) is 18.4 Å². The van der Waals surface area contributed by atoms with E-state index in [1.54, 1.807) is 0 Å². The molecule has 0 bridgehead atoms. The van der Waals surface area contributed by atoms with Crippen molar-refractivity contribution in [3.63, 3.8) is 0 Å². The monoisotopic (exact) mass is 289 g/mol. The number of hydrogen-bond acceptors (Lipinski definition) is 4. The molecule has 5 heteroatoms. The molecule has 1 amide bonds. The lowest BCUT2D eigenvalue weighted by molar-refractivity contribution is -0.136. The molecule has 2 N–H and O–H groups in total. The predicted molar refractivity (Wildman–Crippen MR) is 81.7 cm³/mol. The summed E-state index contributed by atoms with van der Waals surface area (Å²) in [5, 5.41) is 0. The molecule has 0 radical (unpaired) electrons. The van der Waals surface area contributed by atoms with Crippen LogP contribution in [0, 0.1) is 0 Å². The van der Waals surface area contributed by atoms with Gasteiger partial charge in [0.1, 0.15) is 0 Å². The van der Waals surface area contributed by atoms with Gasteiger partial charge in [0.15, 0.2) is 0 Å². The average Bonchev–Trinajstić information content (AvgIpc) is 3.32. The number of carbonyl (C=O) groups excluding carboxylic acids is 1. The molecule has 2 aliphatic rings. The maximum atomic E-state index is 12.4. The van der Waals surface area contributed by atoms with Crippen LogP contribution >= 0.6 is 0 Å². The maximum absolute atomic E-state index is 12.4. The molecule has 1 aliphatic heterocycles. The van der Waals surface area contributed by atoms with E-state index in [-0.39, 0.29) is 5.91 Å². The van der Waals surface area contributed by atoms with E-state index in [0.717, 1.165) is 25.3 Å². The van der Waals surface area contributed by atoms with Gasteiger partial charge in [0, 0.05) is 31.4 Å². The molecule has 1 heterocycles. The highest BCUT2D eigenvalue weighted by Crippen LogP contribution is 2.28. The summed E-state index contributed by atoms with van der Waals surface area (Å²) in [5.41, 5.74) is 7.79. The highest BCUT2D eigenvalue weighted by molar-refractivity contribution is 5.78. The Kier molecular flexibility index (Phi) is 4.41. The Morgan fingerprint density at radius 2 is 2.10 bits per heavy atom. The fraction of sp³-hybridized carbons (Fsp3) is 0.562. The number of rotatable bonds is 5. The SMILES string of the molecule is Nc1cccc(CN(CC(=O)N2CCOCC2)C2CC2)c1. The van der Waals surface area contributed by atoms with Gasteiger partial charge in [0.05, 0.1) is 19.8 Å². The van der Waals surface area contributed by atoms with Gasteiger partial charge >= 0.3 is 0 Å². The number of anilines is 1. The molecule has 1 aromatic rings. The minimum atomic E-state index is 0.217. The van der Waals surface area contributed by atoms with E-state index >= 15 is 0 Å². The molecule has 5 nitrogen and oxygen atoms in total.